The van der Waals surface area contributed by atoms with Crippen molar-refractivity contribution in [3.63, 3.8) is 0 Å². The number of ether oxygens (including phenoxy) is 1. The number of carbonyl (C=O) groups is 2. The third-order valence-electron chi connectivity index (χ3n) is 4.60. The van der Waals surface area contributed by atoms with E-state index < -0.39 is 28.4 Å². The number of halogens is 1. The first-order valence-corrected chi connectivity index (χ1v) is 11.4. The Morgan fingerprint density at radius 2 is 1.56 bits per heavy atom. The van der Waals surface area contributed by atoms with Crippen molar-refractivity contribution in [2.45, 2.75) is 11.4 Å². The molecule has 0 aromatic heterocycles. The summed E-state index contributed by atoms with van der Waals surface area (Å²) in [6.07, 6.45) is 0. The van der Waals surface area contributed by atoms with E-state index in [0.29, 0.717) is 0 Å². The fraction of sp³-hybridized carbons (Fsp3) is 0.130. The van der Waals surface area contributed by atoms with Gasteiger partial charge in [0.25, 0.3) is 10.0 Å². The van der Waals surface area contributed by atoms with Gasteiger partial charge in [0, 0.05) is 6.54 Å². The van der Waals surface area contributed by atoms with Crippen molar-refractivity contribution in [3.8, 4) is 0 Å². The molecule has 0 saturated carbocycles. The number of esters is 1. The number of amides is 1. The van der Waals surface area contributed by atoms with Crippen molar-refractivity contribution in [2.75, 3.05) is 18.0 Å². The van der Waals surface area contributed by atoms with E-state index in [2.05, 4.69) is 5.32 Å². The minimum Gasteiger partial charge on any atom is -0.465 e. The van der Waals surface area contributed by atoms with Crippen molar-refractivity contribution in [1.82, 2.24) is 5.32 Å². The molecule has 7 nitrogen and oxygen atoms in total. The lowest BCUT2D eigenvalue weighted by Gasteiger charge is -2.25. The van der Waals surface area contributed by atoms with E-state index >= 15 is 0 Å². The zero-order chi connectivity index (χ0) is 23.1. The van der Waals surface area contributed by atoms with Crippen LogP contribution in [0.1, 0.15) is 15.9 Å². The molecule has 0 aliphatic rings. The third kappa shape index (κ3) is 5.27. The van der Waals surface area contributed by atoms with Gasteiger partial charge in [-0.15, -0.1) is 0 Å². The maximum atomic E-state index is 13.6. The molecular formula is C23H21ClN2O5S. The summed E-state index contributed by atoms with van der Waals surface area (Å²) in [5.41, 5.74) is 0.837. The number of nitrogens with zero attached hydrogens (tertiary/aromatic N) is 1. The number of methoxy groups -OCH3 is 1. The van der Waals surface area contributed by atoms with Crippen molar-refractivity contribution >= 4 is 39.2 Å². The van der Waals surface area contributed by atoms with Crippen LogP contribution >= 0.6 is 11.6 Å². The Morgan fingerprint density at radius 3 is 2.25 bits per heavy atom. The number of rotatable bonds is 8. The number of hydrogen-bond donors (Lipinski definition) is 1. The van der Waals surface area contributed by atoms with Gasteiger partial charge in [0.15, 0.2) is 0 Å². The molecule has 0 fully saturated rings. The lowest BCUT2D eigenvalue weighted by molar-refractivity contribution is -0.119. The van der Waals surface area contributed by atoms with Gasteiger partial charge in [-0.3, -0.25) is 9.10 Å². The predicted molar refractivity (Wildman–Crippen MR) is 122 cm³/mol. The molecule has 9 heteroatoms. The average Bonchev–Trinajstić information content (AvgIpc) is 2.82. The molecule has 0 aliphatic heterocycles. The molecule has 0 heterocycles. The Morgan fingerprint density at radius 1 is 0.938 bits per heavy atom. The molecule has 3 aromatic rings. The first kappa shape index (κ1) is 23.3. The van der Waals surface area contributed by atoms with Crippen LogP contribution in [0.5, 0.6) is 0 Å². The summed E-state index contributed by atoms with van der Waals surface area (Å²) in [6.45, 7) is -0.302. The van der Waals surface area contributed by atoms with Gasteiger partial charge in [0.1, 0.15) is 11.4 Å². The number of sulfonamides is 1. The smallest absolute Gasteiger partial charge is 0.339 e. The number of hydrogen-bond acceptors (Lipinski definition) is 5. The second-order valence-corrected chi connectivity index (χ2v) is 8.95. The molecule has 0 unspecified atom stereocenters. The minimum absolute atomic E-state index is 0.115. The summed E-state index contributed by atoms with van der Waals surface area (Å²) in [5, 5.41) is 2.85. The standard InChI is InChI=1S/C23H21ClN2O5S/c1-31-23(28)18-11-5-8-14-21(18)32(29,30)26(20-13-7-6-12-19(20)24)16-22(27)25-15-17-9-3-2-4-10-17/h2-14H,15-16H2,1H3,(H,25,27). The highest BCUT2D eigenvalue weighted by atomic mass is 35.5. The average molecular weight is 473 g/mol. The van der Waals surface area contributed by atoms with Crippen molar-refractivity contribution in [3.05, 3.63) is 95.0 Å². The maximum absolute atomic E-state index is 13.6. The quantitative estimate of drug-likeness (QED) is 0.505. The Kier molecular flexibility index (Phi) is 7.50. The van der Waals surface area contributed by atoms with Crippen LogP contribution in [0.15, 0.2) is 83.8 Å². The summed E-state index contributed by atoms with van der Waals surface area (Å²) in [5.74, 6) is -1.34. The van der Waals surface area contributed by atoms with Crippen LogP contribution in [-0.2, 0) is 26.1 Å². The second-order valence-electron chi connectivity index (χ2n) is 6.71. The summed E-state index contributed by atoms with van der Waals surface area (Å²) < 4.78 is 32.8. The van der Waals surface area contributed by atoms with Gasteiger partial charge in [-0.1, -0.05) is 66.2 Å². The predicted octanol–water partition coefficient (Wildman–Crippen LogP) is 3.64. The van der Waals surface area contributed by atoms with Crippen molar-refractivity contribution in [2.24, 2.45) is 0 Å². The van der Waals surface area contributed by atoms with E-state index in [1.807, 2.05) is 30.3 Å². The molecule has 0 atom stereocenters. The topological polar surface area (TPSA) is 92.8 Å². The van der Waals surface area contributed by atoms with Gasteiger partial charge in [0.05, 0.1) is 23.4 Å². The molecule has 0 saturated heterocycles. The SMILES string of the molecule is COC(=O)c1ccccc1S(=O)(=O)N(CC(=O)NCc1ccccc1)c1ccccc1Cl. The first-order valence-electron chi connectivity index (χ1n) is 9.60. The summed E-state index contributed by atoms with van der Waals surface area (Å²) >= 11 is 6.27. The summed E-state index contributed by atoms with van der Waals surface area (Å²) in [4.78, 5) is 24.6. The number of anilines is 1. The number of nitrogens with one attached hydrogen (secondary N) is 1. The molecule has 1 amide bonds. The van der Waals surface area contributed by atoms with E-state index in [1.54, 1.807) is 12.1 Å². The van der Waals surface area contributed by atoms with Crippen LogP contribution < -0.4 is 9.62 Å². The molecule has 166 valence electrons. The zero-order valence-corrected chi connectivity index (χ0v) is 18.8. The second kappa shape index (κ2) is 10.3. The van der Waals surface area contributed by atoms with Crippen LogP contribution in [-0.4, -0.2) is 33.9 Å². The van der Waals surface area contributed by atoms with Gasteiger partial charge in [-0.2, -0.15) is 0 Å². The van der Waals surface area contributed by atoms with Gasteiger partial charge >= 0.3 is 5.97 Å². The van der Waals surface area contributed by atoms with Crippen LogP contribution in [0.4, 0.5) is 5.69 Å². The highest BCUT2D eigenvalue weighted by Crippen LogP contribution is 2.31. The summed E-state index contributed by atoms with van der Waals surface area (Å²) in [7, 11) is -3.19. The number of para-hydroxylation sites is 1. The van der Waals surface area contributed by atoms with Crippen molar-refractivity contribution < 1.29 is 22.7 Å². The molecule has 0 radical (unpaired) electrons. The van der Waals surface area contributed by atoms with Crippen LogP contribution in [0.25, 0.3) is 0 Å². The van der Waals surface area contributed by atoms with E-state index in [0.717, 1.165) is 17.0 Å². The lowest BCUT2D eigenvalue weighted by Crippen LogP contribution is -2.41. The Bertz CT molecular complexity index is 1220. The van der Waals surface area contributed by atoms with E-state index in [-0.39, 0.29) is 27.7 Å². The molecule has 0 spiro atoms. The highest BCUT2D eigenvalue weighted by molar-refractivity contribution is 7.93. The third-order valence-corrected chi connectivity index (χ3v) is 6.74. The largest absolute Gasteiger partial charge is 0.465 e. The first-order chi connectivity index (χ1) is 15.3. The van der Waals surface area contributed by atoms with E-state index in [4.69, 9.17) is 16.3 Å². The lowest BCUT2D eigenvalue weighted by atomic mass is 10.2. The monoisotopic (exact) mass is 472 g/mol. The summed E-state index contributed by atoms with van der Waals surface area (Å²) in [6, 6.07) is 21.1. The van der Waals surface area contributed by atoms with Gasteiger partial charge in [-0.25, -0.2) is 13.2 Å². The fourth-order valence-electron chi connectivity index (χ4n) is 3.03. The molecular weight excluding hydrogens is 452 g/mol. The van der Waals surface area contributed by atoms with E-state index in [9.17, 15) is 18.0 Å². The molecule has 32 heavy (non-hydrogen) atoms. The van der Waals surface area contributed by atoms with Crippen molar-refractivity contribution in [1.29, 1.82) is 0 Å². The Hall–Kier alpha value is -3.36. The molecule has 0 aliphatic carbocycles. The number of carbonyl (C=O) groups excluding carboxylic acids is 2. The molecule has 1 N–H and O–H groups in total. The Labute approximate surface area is 191 Å². The van der Waals surface area contributed by atoms with Gasteiger partial charge in [0.2, 0.25) is 5.91 Å². The fourth-order valence-corrected chi connectivity index (χ4v) is 4.94. The van der Waals surface area contributed by atoms with Crippen LogP contribution in [0, 0.1) is 0 Å². The van der Waals surface area contributed by atoms with Crippen LogP contribution in [0.3, 0.4) is 0 Å². The maximum Gasteiger partial charge on any atom is 0.339 e. The van der Waals surface area contributed by atoms with Gasteiger partial charge in [-0.05, 0) is 29.8 Å². The number of benzene rings is 3. The van der Waals surface area contributed by atoms with Crippen LogP contribution in [0.2, 0.25) is 5.02 Å². The Balaban J connectivity index is 1.98. The van der Waals surface area contributed by atoms with E-state index in [1.165, 1.54) is 36.4 Å². The van der Waals surface area contributed by atoms with Gasteiger partial charge < -0.3 is 10.1 Å². The molecule has 3 rings (SSSR count). The zero-order valence-electron chi connectivity index (χ0n) is 17.2. The molecule has 0 bridgehead atoms. The highest BCUT2D eigenvalue weighted by Gasteiger charge is 2.32. The minimum atomic E-state index is -4.35. The molecule has 3 aromatic carbocycles. The normalized spacial score (nSPS) is 10.9.